The summed E-state index contributed by atoms with van der Waals surface area (Å²) in [7, 11) is 1.67. The fraction of sp³-hybridized carbons (Fsp3) is 0.529. The summed E-state index contributed by atoms with van der Waals surface area (Å²) in [5, 5.41) is 6.22. The predicted octanol–water partition coefficient (Wildman–Crippen LogP) is 3.11. The van der Waals surface area contributed by atoms with E-state index in [1.165, 1.54) is 0 Å². The number of hydrogen-bond acceptors (Lipinski definition) is 2. The zero-order valence-corrected chi connectivity index (χ0v) is 14.0. The molecule has 124 valence electrons. The Bertz CT molecular complexity index is 614. The van der Waals surface area contributed by atoms with Crippen LogP contribution in [-0.2, 0) is 4.79 Å². The maximum atomic E-state index is 12.6. The van der Waals surface area contributed by atoms with E-state index in [0.717, 1.165) is 25.7 Å². The predicted molar refractivity (Wildman–Crippen MR) is 90.5 cm³/mol. The third kappa shape index (κ3) is 3.15. The lowest BCUT2D eigenvalue weighted by Crippen LogP contribution is -2.38. The monoisotopic (exact) mass is 335 g/mol. The smallest absolute Gasteiger partial charge is 0.321 e. The molecule has 1 saturated carbocycles. The summed E-state index contributed by atoms with van der Waals surface area (Å²) >= 11 is 5.95. The molecule has 1 saturated heterocycles. The molecular weight excluding hydrogens is 314 g/mol. The van der Waals surface area contributed by atoms with E-state index in [2.05, 4.69) is 10.6 Å². The topological polar surface area (TPSA) is 61.4 Å². The number of nitrogens with zero attached hydrogens (tertiary/aromatic N) is 1. The van der Waals surface area contributed by atoms with Crippen LogP contribution >= 0.6 is 11.6 Å². The highest BCUT2D eigenvalue weighted by Crippen LogP contribution is 2.49. The minimum absolute atomic E-state index is 0.0463. The van der Waals surface area contributed by atoms with Crippen molar-refractivity contribution in [1.82, 2.24) is 10.2 Å². The van der Waals surface area contributed by atoms with Crippen LogP contribution in [-0.4, -0.2) is 37.0 Å². The number of benzene rings is 1. The Kier molecular flexibility index (Phi) is 4.48. The molecule has 1 heterocycles. The van der Waals surface area contributed by atoms with Gasteiger partial charge in [-0.05, 0) is 31.0 Å². The summed E-state index contributed by atoms with van der Waals surface area (Å²) in [4.78, 5) is 26.6. The van der Waals surface area contributed by atoms with Crippen LogP contribution in [0.5, 0.6) is 0 Å². The molecule has 2 N–H and O–H groups in total. The van der Waals surface area contributed by atoms with E-state index < -0.39 is 0 Å². The Morgan fingerprint density at radius 3 is 2.70 bits per heavy atom. The summed E-state index contributed by atoms with van der Waals surface area (Å²) in [6, 6.07) is 6.93. The van der Waals surface area contributed by atoms with Crippen molar-refractivity contribution in [3.8, 4) is 0 Å². The van der Waals surface area contributed by atoms with Gasteiger partial charge in [0, 0.05) is 36.3 Å². The van der Waals surface area contributed by atoms with E-state index >= 15 is 0 Å². The highest BCUT2D eigenvalue weighted by Gasteiger charge is 2.52. The average molecular weight is 336 g/mol. The zero-order valence-electron chi connectivity index (χ0n) is 13.3. The third-order valence-corrected chi connectivity index (χ3v) is 5.41. The number of carbonyl (C=O) groups is 2. The van der Waals surface area contributed by atoms with Gasteiger partial charge >= 0.3 is 6.03 Å². The van der Waals surface area contributed by atoms with Crippen molar-refractivity contribution in [3.05, 3.63) is 29.3 Å². The molecule has 1 atom stereocenters. The highest BCUT2D eigenvalue weighted by molar-refractivity contribution is 6.30. The van der Waals surface area contributed by atoms with Gasteiger partial charge in [0.05, 0.1) is 5.92 Å². The maximum Gasteiger partial charge on any atom is 0.321 e. The summed E-state index contributed by atoms with van der Waals surface area (Å²) in [5.41, 5.74) is 0.623. The number of carbonyl (C=O) groups excluding carboxylic acids is 2. The van der Waals surface area contributed by atoms with Crippen molar-refractivity contribution in [1.29, 1.82) is 0 Å². The molecular formula is C17H22ClN3O2. The van der Waals surface area contributed by atoms with E-state index in [1.54, 1.807) is 36.2 Å². The third-order valence-electron chi connectivity index (χ3n) is 5.17. The van der Waals surface area contributed by atoms with Gasteiger partial charge in [0.25, 0.3) is 0 Å². The maximum absolute atomic E-state index is 12.6. The van der Waals surface area contributed by atoms with Crippen LogP contribution in [0.4, 0.5) is 10.5 Å². The SMILES string of the molecule is CNC(=O)C1CN(C(=O)Nc2cccc(Cl)c2)CC12CCCC2. The molecule has 3 amide bonds. The van der Waals surface area contributed by atoms with Crippen LogP contribution in [0, 0.1) is 11.3 Å². The fourth-order valence-electron chi connectivity index (χ4n) is 4.01. The summed E-state index contributed by atoms with van der Waals surface area (Å²) in [6.45, 7) is 1.13. The second-order valence-electron chi connectivity index (χ2n) is 6.56. The first-order valence-electron chi connectivity index (χ1n) is 8.07. The van der Waals surface area contributed by atoms with E-state index in [9.17, 15) is 9.59 Å². The lowest BCUT2D eigenvalue weighted by Gasteiger charge is -2.28. The first kappa shape index (κ1) is 16.1. The van der Waals surface area contributed by atoms with Crippen molar-refractivity contribution >= 4 is 29.2 Å². The Hall–Kier alpha value is -1.75. The molecule has 1 aromatic carbocycles. The average Bonchev–Trinajstić information content (AvgIpc) is 3.15. The Labute approximate surface area is 141 Å². The molecule has 1 spiro atoms. The lowest BCUT2D eigenvalue weighted by atomic mass is 9.76. The van der Waals surface area contributed by atoms with E-state index in [0.29, 0.717) is 23.8 Å². The lowest BCUT2D eigenvalue weighted by molar-refractivity contribution is -0.127. The molecule has 23 heavy (non-hydrogen) atoms. The van der Waals surface area contributed by atoms with Crippen LogP contribution < -0.4 is 10.6 Å². The Morgan fingerprint density at radius 2 is 2.04 bits per heavy atom. The fourth-order valence-corrected chi connectivity index (χ4v) is 4.20. The van der Waals surface area contributed by atoms with Gasteiger partial charge in [-0.2, -0.15) is 0 Å². The summed E-state index contributed by atoms with van der Waals surface area (Å²) in [5.74, 6) is -0.0648. The minimum Gasteiger partial charge on any atom is -0.359 e. The van der Waals surface area contributed by atoms with Crippen LogP contribution in [0.1, 0.15) is 25.7 Å². The van der Waals surface area contributed by atoms with Crippen molar-refractivity contribution in [2.45, 2.75) is 25.7 Å². The minimum atomic E-state index is -0.162. The van der Waals surface area contributed by atoms with Gasteiger partial charge in [-0.1, -0.05) is 30.5 Å². The van der Waals surface area contributed by atoms with Gasteiger partial charge in [-0.3, -0.25) is 4.79 Å². The molecule has 1 aliphatic heterocycles. The van der Waals surface area contributed by atoms with Gasteiger partial charge in [-0.15, -0.1) is 0 Å². The second-order valence-corrected chi connectivity index (χ2v) is 6.99. The molecule has 2 fully saturated rings. The number of halogens is 1. The number of hydrogen-bond donors (Lipinski definition) is 2. The second kappa shape index (κ2) is 6.40. The normalized spacial score (nSPS) is 22.3. The van der Waals surface area contributed by atoms with E-state index in [1.807, 2.05) is 0 Å². The molecule has 1 aliphatic carbocycles. The molecule has 6 heteroatoms. The van der Waals surface area contributed by atoms with Gasteiger partial charge in [-0.25, -0.2) is 4.79 Å². The highest BCUT2D eigenvalue weighted by atomic mass is 35.5. The number of rotatable bonds is 2. The van der Waals surface area contributed by atoms with Gasteiger partial charge in [0.2, 0.25) is 5.91 Å². The van der Waals surface area contributed by atoms with Gasteiger partial charge in [0.1, 0.15) is 0 Å². The van der Waals surface area contributed by atoms with Gasteiger partial charge in [0.15, 0.2) is 0 Å². The first-order valence-corrected chi connectivity index (χ1v) is 8.45. The molecule has 1 aromatic rings. The molecule has 0 bridgehead atoms. The number of amides is 3. The largest absolute Gasteiger partial charge is 0.359 e. The number of nitrogens with one attached hydrogen (secondary N) is 2. The van der Waals surface area contributed by atoms with Crippen LogP contribution in [0.3, 0.4) is 0 Å². The molecule has 3 rings (SSSR count). The van der Waals surface area contributed by atoms with E-state index in [-0.39, 0.29) is 23.3 Å². The number of likely N-dealkylation sites (tertiary alicyclic amines) is 1. The Morgan fingerprint density at radius 1 is 1.30 bits per heavy atom. The van der Waals surface area contributed by atoms with Crippen molar-refractivity contribution in [2.24, 2.45) is 11.3 Å². The molecule has 5 nitrogen and oxygen atoms in total. The van der Waals surface area contributed by atoms with Gasteiger partial charge < -0.3 is 15.5 Å². The molecule has 0 radical (unpaired) electrons. The molecule has 0 aromatic heterocycles. The molecule has 1 unspecified atom stereocenters. The van der Waals surface area contributed by atoms with Crippen molar-refractivity contribution < 1.29 is 9.59 Å². The standard InChI is InChI=1S/C17H22ClN3O2/c1-19-15(22)14-10-21(11-17(14)7-2-3-8-17)16(23)20-13-6-4-5-12(18)9-13/h4-6,9,14H,2-3,7-8,10-11H2,1H3,(H,19,22)(H,20,23). The quantitative estimate of drug-likeness (QED) is 0.872. The van der Waals surface area contributed by atoms with E-state index in [4.69, 9.17) is 11.6 Å². The van der Waals surface area contributed by atoms with Crippen molar-refractivity contribution in [2.75, 3.05) is 25.5 Å². The van der Waals surface area contributed by atoms with Crippen LogP contribution in [0.25, 0.3) is 0 Å². The Balaban J connectivity index is 1.73. The number of anilines is 1. The summed E-state index contributed by atoms with van der Waals surface area (Å²) in [6.07, 6.45) is 4.31. The first-order chi connectivity index (χ1) is 11.0. The van der Waals surface area contributed by atoms with Crippen LogP contribution in [0.15, 0.2) is 24.3 Å². The van der Waals surface area contributed by atoms with Crippen LogP contribution in [0.2, 0.25) is 5.02 Å². The summed E-state index contributed by atoms with van der Waals surface area (Å²) < 4.78 is 0. The van der Waals surface area contributed by atoms with Crippen molar-refractivity contribution in [3.63, 3.8) is 0 Å². The zero-order chi connectivity index (χ0) is 16.4. The number of urea groups is 1. The molecule has 2 aliphatic rings.